The normalized spacial score (nSPS) is 25.7. The summed E-state index contributed by atoms with van der Waals surface area (Å²) in [4.78, 5) is 2.59. The van der Waals surface area contributed by atoms with Gasteiger partial charge in [-0.3, -0.25) is 4.90 Å². The first-order chi connectivity index (χ1) is 5.63. The molecule has 0 saturated heterocycles. The maximum Gasteiger partial charge on any atom is 0.0304 e. The van der Waals surface area contributed by atoms with Crippen LogP contribution in [0.15, 0.2) is 12.2 Å². The van der Waals surface area contributed by atoms with Gasteiger partial charge in [-0.25, -0.2) is 0 Å². The molecule has 1 heteroatoms. The van der Waals surface area contributed by atoms with Crippen molar-refractivity contribution < 1.29 is 0 Å². The van der Waals surface area contributed by atoms with Crippen LogP contribution in [0.5, 0.6) is 0 Å². The fraction of sp³-hybridized carbons (Fsp3) is 0.818. The highest BCUT2D eigenvalue weighted by atomic mass is 15.2. The average molecular weight is 167 g/mol. The molecule has 0 aromatic carbocycles. The molecule has 0 spiro atoms. The minimum Gasteiger partial charge on any atom is -0.294 e. The molecular weight excluding hydrogens is 146 g/mol. The van der Waals surface area contributed by atoms with Gasteiger partial charge in [-0.15, -0.1) is 0 Å². The second kappa shape index (κ2) is 4.08. The Morgan fingerprint density at radius 1 is 1.25 bits per heavy atom. The average Bonchev–Trinajstić information content (AvgIpc) is 2.04. The summed E-state index contributed by atoms with van der Waals surface area (Å²) in [7, 11) is 0. The van der Waals surface area contributed by atoms with Crippen LogP contribution in [-0.2, 0) is 0 Å². The van der Waals surface area contributed by atoms with E-state index >= 15 is 0 Å². The third-order valence-electron chi connectivity index (χ3n) is 2.62. The number of hydrogen-bond acceptors (Lipinski definition) is 1. The molecule has 0 fully saturated rings. The smallest absolute Gasteiger partial charge is 0.0304 e. The molecule has 1 atom stereocenters. The molecule has 1 nitrogen and oxygen atoms in total. The van der Waals surface area contributed by atoms with Crippen LogP contribution >= 0.6 is 0 Å². The first-order valence-corrected chi connectivity index (χ1v) is 5.05. The lowest BCUT2D eigenvalue weighted by Gasteiger charge is -2.37. The van der Waals surface area contributed by atoms with E-state index in [1.165, 1.54) is 13.0 Å². The van der Waals surface area contributed by atoms with Crippen LogP contribution in [0.3, 0.4) is 0 Å². The van der Waals surface area contributed by atoms with E-state index in [2.05, 4.69) is 44.7 Å². The van der Waals surface area contributed by atoms with Crippen molar-refractivity contribution in [1.29, 1.82) is 0 Å². The van der Waals surface area contributed by atoms with E-state index in [4.69, 9.17) is 0 Å². The molecule has 0 aromatic heterocycles. The lowest BCUT2D eigenvalue weighted by Crippen LogP contribution is -2.44. The molecule has 0 aliphatic carbocycles. The Hall–Kier alpha value is -0.300. The van der Waals surface area contributed by atoms with Gasteiger partial charge in [0.15, 0.2) is 0 Å². The molecule has 0 radical (unpaired) electrons. The molecule has 0 bridgehead atoms. The summed E-state index contributed by atoms with van der Waals surface area (Å²) in [6.07, 6.45) is 5.92. The van der Waals surface area contributed by atoms with E-state index in [0.29, 0.717) is 12.1 Å². The van der Waals surface area contributed by atoms with Crippen molar-refractivity contribution in [2.24, 2.45) is 5.92 Å². The molecule has 0 N–H and O–H groups in total. The standard InChI is InChI=1S/C11H21N/c1-9(2)11-7-5-6-8-12(11)10(3)4/h5,7,9-11H,6,8H2,1-4H3. The first kappa shape index (κ1) is 9.79. The second-order valence-corrected chi connectivity index (χ2v) is 4.28. The van der Waals surface area contributed by atoms with Gasteiger partial charge in [0.25, 0.3) is 0 Å². The number of rotatable bonds is 2. The number of hydrogen-bond donors (Lipinski definition) is 0. The van der Waals surface area contributed by atoms with Gasteiger partial charge in [-0.05, 0) is 26.2 Å². The predicted molar refractivity (Wildman–Crippen MR) is 54.2 cm³/mol. The van der Waals surface area contributed by atoms with Crippen LogP contribution in [0.1, 0.15) is 34.1 Å². The first-order valence-electron chi connectivity index (χ1n) is 5.05. The van der Waals surface area contributed by atoms with E-state index < -0.39 is 0 Å². The van der Waals surface area contributed by atoms with Crippen molar-refractivity contribution in [2.75, 3.05) is 6.54 Å². The van der Waals surface area contributed by atoms with Gasteiger partial charge in [0.2, 0.25) is 0 Å². The quantitative estimate of drug-likeness (QED) is 0.572. The van der Waals surface area contributed by atoms with Gasteiger partial charge in [-0.2, -0.15) is 0 Å². The molecule has 0 aromatic rings. The third-order valence-corrected chi connectivity index (χ3v) is 2.62. The Morgan fingerprint density at radius 2 is 1.92 bits per heavy atom. The van der Waals surface area contributed by atoms with Crippen LogP contribution in [-0.4, -0.2) is 23.5 Å². The van der Waals surface area contributed by atoms with Crippen LogP contribution in [0.25, 0.3) is 0 Å². The highest BCUT2D eigenvalue weighted by Gasteiger charge is 2.22. The maximum atomic E-state index is 2.59. The molecule has 1 aliphatic heterocycles. The Morgan fingerprint density at radius 3 is 2.33 bits per heavy atom. The van der Waals surface area contributed by atoms with E-state index in [0.717, 1.165) is 5.92 Å². The monoisotopic (exact) mass is 167 g/mol. The Bertz CT molecular complexity index is 158. The summed E-state index contributed by atoms with van der Waals surface area (Å²) in [5.41, 5.74) is 0. The van der Waals surface area contributed by atoms with E-state index in [9.17, 15) is 0 Å². The molecule has 1 heterocycles. The van der Waals surface area contributed by atoms with Crippen LogP contribution < -0.4 is 0 Å². The summed E-state index contributed by atoms with van der Waals surface area (Å²) in [5.74, 6) is 0.740. The summed E-state index contributed by atoms with van der Waals surface area (Å²) in [6.45, 7) is 10.4. The molecule has 1 aliphatic rings. The molecular formula is C11H21N. The van der Waals surface area contributed by atoms with Gasteiger partial charge in [0.1, 0.15) is 0 Å². The minimum atomic E-state index is 0.666. The van der Waals surface area contributed by atoms with Gasteiger partial charge < -0.3 is 0 Å². The van der Waals surface area contributed by atoms with Crippen molar-refractivity contribution >= 4 is 0 Å². The summed E-state index contributed by atoms with van der Waals surface area (Å²) in [5, 5.41) is 0. The van der Waals surface area contributed by atoms with E-state index in [1.807, 2.05) is 0 Å². The SMILES string of the molecule is CC(C)C1C=CCCN1C(C)C. The number of nitrogens with zero attached hydrogens (tertiary/aromatic N) is 1. The van der Waals surface area contributed by atoms with Crippen molar-refractivity contribution in [1.82, 2.24) is 4.90 Å². The lowest BCUT2D eigenvalue weighted by atomic mass is 9.97. The molecule has 0 amide bonds. The summed E-state index contributed by atoms with van der Waals surface area (Å²) in [6, 6.07) is 1.35. The van der Waals surface area contributed by atoms with Gasteiger partial charge in [-0.1, -0.05) is 26.0 Å². The highest BCUT2D eigenvalue weighted by molar-refractivity contribution is 5.01. The zero-order valence-corrected chi connectivity index (χ0v) is 8.75. The Kier molecular flexibility index (Phi) is 3.33. The molecule has 12 heavy (non-hydrogen) atoms. The topological polar surface area (TPSA) is 3.24 Å². The van der Waals surface area contributed by atoms with E-state index in [-0.39, 0.29) is 0 Å². The second-order valence-electron chi connectivity index (χ2n) is 4.28. The summed E-state index contributed by atoms with van der Waals surface area (Å²) >= 11 is 0. The van der Waals surface area contributed by atoms with Gasteiger partial charge in [0.05, 0.1) is 0 Å². The van der Waals surface area contributed by atoms with Crippen molar-refractivity contribution in [2.45, 2.75) is 46.2 Å². The fourth-order valence-corrected chi connectivity index (χ4v) is 1.93. The van der Waals surface area contributed by atoms with Crippen LogP contribution in [0.4, 0.5) is 0 Å². The molecule has 1 unspecified atom stereocenters. The summed E-state index contributed by atoms with van der Waals surface area (Å²) < 4.78 is 0. The largest absolute Gasteiger partial charge is 0.294 e. The lowest BCUT2D eigenvalue weighted by molar-refractivity contribution is 0.144. The predicted octanol–water partition coefficient (Wildman–Crippen LogP) is 2.68. The van der Waals surface area contributed by atoms with Crippen molar-refractivity contribution in [3.63, 3.8) is 0 Å². The molecule has 0 saturated carbocycles. The Labute approximate surface area is 76.5 Å². The zero-order chi connectivity index (χ0) is 9.14. The third kappa shape index (κ3) is 2.10. The van der Waals surface area contributed by atoms with Crippen LogP contribution in [0.2, 0.25) is 0 Å². The van der Waals surface area contributed by atoms with Gasteiger partial charge in [0, 0.05) is 18.6 Å². The molecule has 70 valence electrons. The van der Waals surface area contributed by atoms with Crippen molar-refractivity contribution in [3.8, 4) is 0 Å². The molecule has 1 rings (SSSR count). The zero-order valence-electron chi connectivity index (χ0n) is 8.75. The maximum absolute atomic E-state index is 2.59. The minimum absolute atomic E-state index is 0.666. The fourth-order valence-electron chi connectivity index (χ4n) is 1.93. The van der Waals surface area contributed by atoms with Gasteiger partial charge >= 0.3 is 0 Å². The Balaban J connectivity index is 2.65. The van der Waals surface area contributed by atoms with Crippen molar-refractivity contribution in [3.05, 3.63) is 12.2 Å². The van der Waals surface area contributed by atoms with Crippen LogP contribution in [0, 0.1) is 5.92 Å². The van der Waals surface area contributed by atoms with E-state index in [1.54, 1.807) is 0 Å². The highest BCUT2D eigenvalue weighted by Crippen LogP contribution is 2.19.